The summed E-state index contributed by atoms with van der Waals surface area (Å²) in [7, 11) is -0.0157. The second kappa shape index (κ2) is 11.2. The van der Waals surface area contributed by atoms with Crippen molar-refractivity contribution in [1.29, 1.82) is 0 Å². The standard InChI is InChI=1S/C30H28FN9O3S/c1-40(2)15-27(41)36-20-9-18(12-33-13-20)24-11-23-26(14-35-24)38-39-28(23)25-10-22-21(4-5-34-30(22)37-25)16-6-17(8-19(31)7-16)29(32)44(3,42)43/h4-14,29H,15,32H2,1-3H3,(H,34,37)(H,36,41)(H,38,39). The Balaban J connectivity index is 1.39. The Morgan fingerprint density at radius 1 is 1.05 bits per heavy atom. The number of sulfone groups is 1. The van der Waals surface area contributed by atoms with Crippen molar-refractivity contribution in [1.82, 2.24) is 35.0 Å². The number of amides is 1. The van der Waals surface area contributed by atoms with Gasteiger partial charge in [0.15, 0.2) is 9.84 Å². The van der Waals surface area contributed by atoms with Crippen LogP contribution in [0.15, 0.2) is 67.3 Å². The summed E-state index contributed by atoms with van der Waals surface area (Å²) in [6, 6.07) is 11.3. The lowest BCUT2D eigenvalue weighted by molar-refractivity contribution is -0.116. The van der Waals surface area contributed by atoms with E-state index in [1.807, 2.05) is 26.2 Å². The molecule has 0 aliphatic rings. The zero-order chi connectivity index (χ0) is 31.2. The fourth-order valence-electron chi connectivity index (χ4n) is 5.00. The lowest BCUT2D eigenvalue weighted by Crippen LogP contribution is -2.27. The molecule has 5 aromatic heterocycles. The molecule has 44 heavy (non-hydrogen) atoms. The van der Waals surface area contributed by atoms with Gasteiger partial charge in [-0.05, 0) is 73.3 Å². The highest BCUT2D eigenvalue weighted by atomic mass is 32.2. The molecule has 1 amide bonds. The Kier molecular flexibility index (Phi) is 7.41. The summed E-state index contributed by atoms with van der Waals surface area (Å²) in [4.78, 5) is 30.6. The summed E-state index contributed by atoms with van der Waals surface area (Å²) in [5.74, 6) is -0.763. The molecule has 0 aliphatic carbocycles. The normalized spacial score (nSPS) is 12.7. The molecule has 0 radical (unpaired) electrons. The summed E-state index contributed by atoms with van der Waals surface area (Å²) >= 11 is 0. The van der Waals surface area contributed by atoms with E-state index in [0.29, 0.717) is 56.0 Å². The topological polar surface area (TPSA) is 176 Å². The number of fused-ring (bicyclic) bond motifs is 2. The van der Waals surface area contributed by atoms with Crippen LogP contribution in [0, 0.1) is 5.82 Å². The first-order valence-corrected chi connectivity index (χ1v) is 15.4. The summed E-state index contributed by atoms with van der Waals surface area (Å²) in [6.07, 6.45) is 7.50. The predicted octanol–water partition coefficient (Wildman–Crippen LogP) is 3.87. The lowest BCUT2D eigenvalue weighted by atomic mass is 10.0. The fourth-order valence-corrected chi connectivity index (χ4v) is 5.63. The Bertz CT molecular complexity index is 2160. The molecule has 0 spiro atoms. The number of aromatic nitrogens is 6. The van der Waals surface area contributed by atoms with Gasteiger partial charge in [-0.25, -0.2) is 17.8 Å². The van der Waals surface area contributed by atoms with Gasteiger partial charge in [0.2, 0.25) is 5.91 Å². The molecular formula is C30H28FN9O3S. The van der Waals surface area contributed by atoms with Crippen LogP contribution < -0.4 is 11.1 Å². The quantitative estimate of drug-likeness (QED) is 0.199. The van der Waals surface area contributed by atoms with Crippen LogP contribution in [-0.2, 0) is 14.6 Å². The van der Waals surface area contributed by atoms with Crippen molar-refractivity contribution in [2.24, 2.45) is 5.73 Å². The predicted molar refractivity (Wildman–Crippen MR) is 167 cm³/mol. The molecule has 1 aromatic carbocycles. The van der Waals surface area contributed by atoms with Crippen LogP contribution in [0.2, 0.25) is 0 Å². The van der Waals surface area contributed by atoms with Crippen LogP contribution in [0.4, 0.5) is 10.1 Å². The average Bonchev–Trinajstić information content (AvgIpc) is 3.59. The monoisotopic (exact) mass is 613 g/mol. The van der Waals surface area contributed by atoms with E-state index in [1.54, 1.807) is 47.9 Å². The van der Waals surface area contributed by atoms with Crippen LogP contribution in [0.3, 0.4) is 0 Å². The van der Waals surface area contributed by atoms with E-state index in [1.165, 1.54) is 6.07 Å². The number of nitrogens with zero attached hydrogens (tertiary/aromatic N) is 5. The summed E-state index contributed by atoms with van der Waals surface area (Å²) in [5.41, 5.74) is 11.5. The molecule has 0 bridgehead atoms. The Hall–Kier alpha value is -5.05. The number of carbonyl (C=O) groups excluding carboxylic acids is 1. The second-order valence-corrected chi connectivity index (χ2v) is 12.9. The molecule has 14 heteroatoms. The van der Waals surface area contributed by atoms with Crippen molar-refractivity contribution in [3.8, 4) is 33.8 Å². The molecule has 6 rings (SSSR count). The minimum Gasteiger partial charge on any atom is -0.338 e. The van der Waals surface area contributed by atoms with E-state index in [2.05, 4.69) is 35.5 Å². The van der Waals surface area contributed by atoms with Crippen molar-refractivity contribution in [3.05, 3.63) is 78.6 Å². The number of nitrogens with one attached hydrogen (secondary N) is 3. The summed E-state index contributed by atoms with van der Waals surface area (Å²) < 4.78 is 38.8. The first kappa shape index (κ1) is 29.0. The molecule has 0 fully saturated rings. The number of carbonyl (C=O) groups is 1. The van der Waals surface area contributed by atoms with Gasteiger partial charge in [-0.1, -0.05) is 0 Å². The Labute approximate surface area is 251 Å². The number of benzene rings is 1. The van der Waals surface area contributed by atoms with Crippen LogP contribution in [0.1, 0.15) is 10.9 Å². The van der Waals surface area contributed by atoms with Gasteiger partial charge in [0.05, 0.1) is 41.5 Å². The van der Waals surface area contributed by atoms with Crippen molar-refractivity contribution >= 4 is 43.4 Å². The largest absolute Gasteiger partial charge is 0.338 e. The number of rotatable bonds is 8. The number of pyridine rings is 3. The van der Waals surface area contributed by atoms with Gasteiger partial charge in [-0.3, -0.25) is 19.9 Å². The van der Waals surface area contributed by atoms with E-state index in [-0.39, 0.29) is 18.0 Å². The van der Waals surface area contributed by atoms with E-state index in [4.69, 9.17) is 5.73 Å². The smallest absolute Gasteiger partial charge is 0.238 e. The molecule has 0 saturated heterocycles. The Morgan fingerprint density at radius 3 is 2.64 bits per heavy atom. The molecule has 224 valence electrons. The molecule has 1 unspecified atom stereocenters. The highest BCUT2D eigenvalue weighted by molar-refractivity contribution is 7.90. The molecule has 1 atom stereocenters. The molecular weight excluding hydrogens is 585 g/mol. The van der Waals surface area contributed by atoms with Crippen LogP contribution in [-0.4, -0.2) is 76.3 Å². The number of aromatic amines is 2. The average molecular weight is 614 g/mol. The van der Waals surface area contributed by atoms with Gasteiger partial charge < -0.3 is 20.9 Å². The first-order valence-electron chi connectivity index (χ1n) is 13.4. The number of likely N-dealkylation sites (N-methyl/N-ethyl adjacent to an activating group) is 1. The van der Waals surface area contributed by atoms with Gasteiger partial charge in [0.1, 0.15) is 22.5 Å². The third-order valence-corrected chi connectivity index (χ3v) is 8.23. The number of H-pyrrole nitrogens is 2. The van der Waals surface area contributed by atoms with Gasteiger partial charge in [0, 0.05) is 35.0 Å². The molecule has 0 saturated carbocycles. The maximum Gasteiger partial charge on any atom is 0.238 e. The minimum absolute atomic E-state index is 0.150. The third-order valence-electron chi connectivity index (χ3n) is 7.03. The van der Waals surface area contributed by atoms with Crippen molar-refractivity contribution in [3.63, 3.8) is 0 Å². The number of anilines is 1. The number of hydrogen-bond acceptors (Lipinski definition) is 9. The van der Waals surface area contributed by atoms with Crippen molar-refractivity contribution in [2.45, 2.75) is 5.37 Å². The van der Waals surface area contributed by atoms with E-state index in [0.717, 1.165) is 17.7 Å². The highest BCUT2D eigenvalue weighted by Gasteiger charge is 2.21. The van der Waals surface area contributed by atoms with Crippen LogP contribution >= 0.6 is 0 Å². The SMILES string of the molecule is CN(C)CC(=O)Nc1cncc(-c2cc3c(-c4cc5c(-c6cc(F)cc(C(N)S(C)(=O)=O)c6)ccnc5[nH]4)n[nH]c3cn2)c1. The van der Waals surface area contributed by atoms with Gasteiger partial charge in [-0.15, -0.1) is 0 Å². The number of nitrogens with two attached hydrogens (primary N) is 1. The zero-order valence-corrected chi connectivity index (χ0v) is 24.8. The number of hydrogen-bond donors (Lipinski definition) is 4. The van der Waals surface area contributed by atoms with Gasteiger partial charge in [-0.2, -0.15) is 5.10 Å². The minimum atomic E-state index is -3.64. The fraction of sp³-hybridized carbons (Fsp3) is 0.167. The van der Waals surface area contributed by atoms with E-state index in [9.17, 15) is 17.6 Å². The second-order valence-electron chi connectivity index (χ2n) is 10.8. The van der Waals surface area contributed by atoms with E-state index < -0.39 is 21.0 Å². The molecule has 0 aliphatic heterocycles. The maximum atomic E-state index is 14.7. The molecule has 5 N–H and O–H groups in total. The van der Waals surface area contributed by atoms with Gasteiger partial charge >= 0.3 is 0 Å². The number of halogens is 1. The maximum absolute atomic E-state index is 14.7. The molecule has 12 nitrogen and oxygen atoms in total. The third kappa shape index (κ3) is 5.77. The summed E-state index contributed by atoms with van der Waals surface area (Å²) in [6.45, 7) is 0.239. The van der Waals surface area contributed by atoms with E-state index >= 15 is 0 Å². The molecule has 6 aromatic rings. The summed E-state index contributed by atoms with van der Waals surface area (Å²) in [5, 5.41) is 10.5. The first-order chi connectivity index (χ1) is 21.0. The van der Waals surface area contributed by atoms with Gasteiger partial charge in [0.25, 0.3) is 0 Å². The lowest BCUT2D eigenvalue weighted by Gasteiger charge is -2.12. The van der Waals surface area contributed by atoms with Crippen molar-refractivity contribution < 1.29 is 17.6 Å². The Morgan fingerprint density at radius 2 is 1.86 bits per heavy atom. The van der Waals surface area contributed by atoms with Crippen molar-refractivity contribution in [2.75, 3.05) is 32.2 Å². The zero-order valence-electron chi connectivity index (χ0n) is 24.0. The highest BCUT2D eigenvalue weighted by Crippen LogP contribution is 2.35. The van der Waals surface area contributed by atoms with Crippen LogP contribution in [0.5, 0.6) is 0 Å². The molecule has 5 heterocycles. The van der Waals surface area contributed by atoms with Crippen LogP contribution in [0.25, 0.3) is 55.7 Å².